The molecule has 0 atom stereocenters. The van der Waals surface area contributed by atoms with Gasteiger partial charge in [-0.05, 0) is 58.4 Å². The summed E-state index contributed by atoms with van der Waals surface area (Å²) < 4.78 is 29.2. The fraction of sp³-hybridized carbons (Fsp3) is 0.200. The Bertz CT molecular complexity index is 1170. The van der Waals surface area contributed by atoms with Crippen molar-refractivity contribution < 1.29 is 13.2 Å². The van der Waals surface area contributed by atoms with Crippen LogP contribution in [0.4, 0.5) is 28.8 Å². The van der Waals surface area contributed by atoms with Gasteiger partial charge in [0.15, 0.2) is 0 Å². The highest BCUT2D eigenvalue weighted by atomic mass is 79.9. The number of hydrogen-bond donors (Lipinski definition) is 3. The van der Waals surface area contributed by atoms with Gasteiger partial charge in [-0.1, -0.05) is 6.07 Å². The van der Waals surface area contributed by atoms with E-state index in [1.54, 1.807) is 18.3 Å². The summed E-state index contributed by atoms with van der Waals surface area (Å²) >= 11 is 3.45. The predicted octanol–water partition coefficient (Wildman–Crippen LogP) is 3.21. The van der Waals surface area contributed by atoms with Crippen LogP contribution in [0.1, 0.15) is 0 Å². The van der Waals surface area contributed by atoms with E-state index in [2.05, 4.69) is 53.6 Å². The normalized spacial score (nSPS) is 14.3. The Morgan fingerprint density at radius 3 is 2.48 bits per heavy atom. The maximum atomic E-state index is 11.6. The van der Waals surface area contributed by atoms with Crippen molar-refractivity contribution in [3.63, 3.8) is 0 Å². The monoisotopic (exact) mass is 504 g/mol. The molecule has 31 heavy (non-hydrogen) atoms. The van der Waals surface area contributed by atoms with Crippen molar-refractivity contribution in [2.24, 2.45) is 5.14 Å². The number of nitrogens with two attached hydrogens (primary N) is 1. The molecule has 1 aromatic heterocycles. The lowest BCUT2D eigenvalue weighted by atomic mass is 10.2. The van der Waals surface area contributed by atoms with Crippen LogP contribution in [0.15, 0.2) is 64.1 Å². The first-order chi connectivity index (χ1) is 14.9. The molecule has 0 spiro atoms. The van der Waals surface area contributed by atoms with E-state index in [4.69, 9.17) is 9.88 Å². The Labute approximate surface area is 188 Å². The van der Waals surface area contributed by atoms with Crippen LogP contribution in [0.5, 0.6) is 0 Å². The molecule has 4 rings (SSSR count). The molecule has 4 N–H and O–H groups in total. The van der Waals surface area contributed by atoms with Gasteiger partial charge in [-0.3, -0.25) is 0 Å². The van der Waals surface area contributed by atoms with E-state index in [1.165, 1.54) is 12.1 Å². The van der Waals surface area contributed by atoms with E-state index in [1.807, 2.05) is 12.1 Å². The second-order valence-electron chi connectivity index (χ2n) is 6.86. The summed E-state index contributed by atoms with van der Waals surface area (Å²) in [4.78, 5) is 11.0. The number of halogens is 1. The molecule has 3 aromatic rings. The fourth-order valence-electron chi connectivity index (χ4n) is 3.11. The summed E-state index contributed by atoms with van der Waals surface area (Å²) in [5.74, 6) is 0.876. The van der Waals surface area contributed by atoms with Gasteiger partial charge in [0.05, 0.1) is 22.6 Å². The maximum absolute atomic E-state index is 11.6. The third-order valence-electron chi connectivity index (χ3n) is 4.67. The molecule has 1 saturated heterocycles. The molecule has 1 aliphatic rings. The highest BCUT2D eigenvalue weighted by Gasteiger charge is 2.12. The molecule has 2 heterocycles. The molecular formula is C20H21BrN6O3S. The zero-order valence-corrected chi connectivity index (χ0v) is 18.9. The van der Waals surface area contributed by atoms with Crippen molar-refractivity contribution in [1.82, 2.24) is 9.97 Å². The third-order valence-corrected chi connectivity index (χ3v) is 6.16. The molecule has 0 aliphatic carbocycles. The molecule has 0 unspecified atom stereocenters. The minimum absolute atomic E-state index is 0.00770. The lowest BCUT2D eigenvalue weighted by molar-refractivity contribution is 0.122. The van der Waals surface area contributed by atoms with Crippen LogP contribution in [0, 0.1) is 0 Å². The van der Waals surface area contributed by atoms with Crippen molar-refractivity contribution in [1.29, 1.82) is 0 Å². The van der Waals surface area contributed by atoms with Crippen LogP contribution in [0.25, 0.3) is 0 Å². The number of ether oxygens (including phenoxy) is 1. The zero-order valence-electron chi connectivity index (χ0n) is 16.5. The van der Waals surface area contributed by atoms with Crippen LogP contribution >= 0.6 is 15.9 Å². The van der Waals surface area contributed by atoms with Crippen molar-refractivity contribution in [2.45, 2.75) is 4.90 Å². The van der Waals surface area contributed by atoms with Crippen molar-refractivity contribution >= 4 is 54.8 Å². The molecule has 0 bridgehead atoms. The number of primary sulfonamides is 1. The number of hydrogen-bond acceptors (Lipinski definition) is 8. The van der Waals surface area contributed by atoms with Crippen LogP contribution in [0.3, 0.4) is 0 Å². The number of aromatic nitrogens is 2. The standard InChI is InChI=1S/C20H21BrN6O3S/c21-18-13-23-20(25-15-2-1-3-17(12-15)31(22,28)29)26-19(18)24-14-4-6-16(7-5-14)27-8-10-30-11-9-27/h1-7,12-13H,8-11H2,(H2,22,28,29)(H2,23,24,25,26). The fourth-order valence-corrected chi connectivity index (χ4v) is 3.96. The summed E-state index contributed by atoms with van der Waals surface area (Å²) in [5.41, 5.74) is 2.53. The van der Waals surface area contributed by atoms with Gasteiger partial charge in [0.25, 0.3) is 0 Å². The smallest absolute Gasteiger partial charge is 0.238 e. The van der Waals surface area contributed by atoms with E-state index < -0.39 is 10.0 Å². The predicted molar refractivity (Wildman–Crippen MR) is 124 cm³/mol. The highest BCUT2D eigenvalue weighted by Crippen LogP contribution is 2.27. The van der Waals surface area contributed by atoms with E-state index >= 15 is 0 Å². The van der Waals surface area contributed by atoms with Gasteiger partial charge in [-0.15, -0.1) is 0 Å². The van der Waals surface area contributed by atoms with Crippen LogP contribution < -0.4 is 20.7 Å². The second kappa shape index (κ2) is 9.18. The Morgan fingerprint density at radius 2 is 1.77 bits per heavy atom. The lowest BCUT2D eigenvalue weighted by Crippen LogP contribution is -2.36. The van der Waals surface area contributed by atoms with Gasteiger partial charge < -0.3 is 20.3 Å². The Kier molecular flexibility index (Phi) is 6.37. The van der Waals surface area contributed by atoms with E-state index in [9.17, 15) is 8.42 Å². The zero-order chi connectivity index (χ0) is 21.8. The number of morpholine rings is 1. The number of rotatable bonds is 6. The largest absolute Gasteiger partial charge is 0.378 e. The molecule has 11 heteroatoms. The summed E-state index contributed by atoms with van der Waals surface area (Å²) in [7, 11) is -3.80. The van der Waals surface area contributed by atoms with Gasteiger partial charge in [-0.2, -0.15) is 4.98 Å². The molecule has 0 saturated carbocycles. The van der Waals surface area contributed by atoms with Crippen LogP contribution in [-0.4, -0.2) is 44.7 Å². The lowest BCUT2D eigenvalue weighted by Gasteiger charge is -2.28. The Morgan fingerprint density at radius 1 is 1.03 bits per heavy atom. The summed E-state index contributed by atoms with van der Waals surface area (Å²) in [6.45, 7) is 3.24. The number of nitrogens with zero attached hydrogens (tertiary/aromatic N) is 3. The first-order valence-corrected chi connectivity index (χ1v) is 11.8. The van der Waals surface area contributed by atoms with E-state index in [0.717, 1.165) is 37.7 Å². The maximum Gasteiger partial charge on any atom is 0.238 e. The SMILES string of the molecule is NS(=O)(=O)c1cccc(Nc2ncc(Br)c(Nc3ccc(N4CCOCC4)cc3)n2)c1. The molecule has 162 valence electrons. The molecule has 1 aliphatic heterocycles. The summed E-state index contributed by atoms with van der Waals surface area (Å²) in [6, 6.07) is 14.2. The topological polar surface area (TPSA) is 122 Å². The van der Waals surface area contributed by atoms with Crippen molar-refractivity contribution in [3.05, 3.63) is 59.2 Å². The first kappa shape index (κ1) is 21.5. The molecular weight excluding hydrogens is 484 g/mol. The van der Waals surface area contributed by atoms with Crippen LogP contribution in [-0.2, 0) is 14.8 Å². The molecule has 0 amide bonds. The average Bonchev–Trinajstić information content (AvgIpc) is 2.77. The molecule has 9 nitrogen and oxygen atoms in total. The van der Waals surface area contributed by atoms with Gasteiger partial charge >= 0.3 is 0 Å². The van der Waals surface area contributed by atoms with Gasteiger partial charge in [0.1, 0.15) is 5.82 Å². The van der Waals surface area contributed by atoms with Gasteiger partial charge in [0, 0.05) is 36.3 Å². The quantitative estimate of drug-likeness (QED) is 0.467. The van der Waals surface area contributed by atoms with E-state index in [-0.39, 0.29) is 4.90 Å². The van der Waals surface area contributed by atoms with Crippen LogP contribution in [0.2, 0.25) is 0 Å². The third kappa shape index (κ3) is 5.50. The summed E-state index contributed by atoms with van der Waals surface area (Å²) in [6.07, 6.45) is 1.61. The molecule has 0 radical (unpaired) electrons. The minimum Gasteiger partial charge on any atom is -0.378 e. The van der Waals surface area contributed by atoms with Gasteiger partial charge in [-0.25, -0.2) is 18.5 Å². The Hall–Kier alpha value is -2.73. The average molecular weight is 505 g/mol. The highest BCUT2D eigenvalue weighted by molar-refractivity contribution is 9.10. The number of anilines is 5. The molecule has 2 aromatic carbocycles. The molecule has 1 fully saturated rings. The first-order valence-electron chi connectivity index (χ1n) is 9.51. The van der Waals surface area contributed by atoms with Crippen molar-refractivity contribution in [3.8, 4) is 0 Å². The Balaban J connectivity index is 1.49. The summed E-state index contributed by atoms with van der Waals surface area (Å²) in [5, 5.41) is 11.5. The number of nitrogens with one attached hydrogen (secondary N) is 2. The van der Waals surface area contributed by atoms with E-state index in [0.29, 0.717) is 21.9 Å². The number of benzene rings is 2. The minimum atomic E-state index is -3.80. The number of sulfonamides is 1. The second-order valence-corrected chi connectivity index (χ2v) is 9.28. The van der Waals surface area contributed by atoms with Crippen molar-refractivity contribution in [2.75, 3.05) is 41.8 Å². The van der Waals surface area contributed by atoms with Gasteiger partial charge in [0.2, 0.25) is 16.0 Å².